The van der Waals surface area contributed by atoms with Gasteiger partial charge in [0.2, 0.25) is 5.78 Å². The number of carbonyl (C=O) groups excluding carboxylic acids is 1. The number of nitrogens with zero attached hydrogens (tertiary/aromatic N) is 2. The molecule has 25 heavy (non-hydrogen) atoms. The number of pyridine rings is 2. The maximum atomic E-state index is 13.2. The highest BCUT2D eigenvalue weighted by atomic mass is 31.2. The largest absolute Gasteiger partial charge is 0.363 e. The van der Waals surface area contributed by atoms with Crippen LogP contribution in [0.15, 0.2) is 54.9 Å². The van der Waals surface area contributed by atoms with Gasteiger partial charge in [-0.05, 0) is 44.2 Å². The van der Waals surface area contributed by atoms with Crippen molar-refractivity contribution < 1.29 is 18.4 Å². The zero-order chi connectivity index (χ0) is 17.9. The molecule has 0 saturated carbocycles. The Kier molecular flexibility index (Phi) is 5.13. The van der Waals surface area contributed by atoms with Gasteiger partial charge >= 0.3 is 7.60 Å². The SMILES string of the molecule is CCOP(=O)(OCC)c1cc(C(=O)c2ccccn2)n2ccccc12. The molecule has 0 amide bonds. The summed E-state index contributed by atoms with van der Waals surface area (Å²) in [6, 6.07) is 12.1. The molecular weight excluding hydrogens is 339 g/mol. The van der Waals surface area contributed by atoms with Gasteiger partial charge in [0.15, 0.2) is 0 Å². The maximum absolute atomic E-state index is 13.2. The third-order valence-electron chi connectivity index (χ3n) is 3.68. The summed E-state index contributed by atoms with van der Waals surface area (Å²) in [6.07, 6.45) is 3.31. The molecule has 0 radical (unpaired) electrons. The summed E-state index contributed by atoms with van der Waals surface area (Å²) in [5.41, 5.74) is 1.30. The van der Waals surface area contributed by atoms with Crippen molar-refractivity contribution in [1.82, 2.24) is 9.38 Å². The van der Waals surface area contributed by atoms with Crippen LogP contribution in [0.4, 0.5) is 0 Å². The van der Waals surface area contributed by atoms with Crippen molar-refractivity contribution in [2.24, 2.45) is 0 Å². The fraction of sp³-hybridized carbons (Fsp3) is 0.222. The highest BCUT2D eigenvalue weighted by Gasteiger charge is 2.32. The molecule has 3 aromatic rings. The molecule has 0 fully saturated rings. The van der Waals surface area contributed by atoms with E-state index in [-0.39, 0.29) is 19.0 Å². The molecule has 0 unspecified atom stereocenters. The van der Waals surface area contributed by atoms with E-state index in [1.807, 2.05) is 6.07 Å². The highest BCUT2D eigenvalue weighted by Crippen LogP contribution is 2.48. The number of hydrogen-bond acceptors (Lipinski definition) is 5. The van der Waals surface area contributed by atoms with Gasteiger partial charge in [-0.3, -0.25) is 14.3 Å². The number of rotatable bonds is 7. The van der Waals surface area contributed by atoms with Gasteiger partial charge in [-0.1, -0.05) is 12.1 Å². The topological polar surface area (TPSA) is 69.9 Å². The molecule has 0 atom stereocenters. The van der Waals surface area contributed by atoms with Gasteiger partial charge in [0.05, 0.1) is 29.7 Å². The Morgan fingerprint density at radius 3 is 2.48 bits per heavy atom. The summed E-state index contributed by atoms with van der Waals surface area (Å²) in [6.45, 7) is 3.99. The van der Waals surface area contributed by atoms with E-state index in [9.17, 15) is 9.36 Å². The van der Waals surface area contributed by atoms with E-state index in [1.54, 1.807) is 67.0 Å². The molecule has 3 aromatic heterocycles. The lowest BCUT2D eigenvalue weighted by molar-refractivity contribution is 0.102. The Morgan fingerprint density at radius 1 is 1.12 bits per heavy atom. The maximum Gasteiger partial charge on any atom is 0.363 e. The molecule has 0 aromatic carbocycles. The van der Waals surface area contributed by atoms with Crippen molar-refractivity contribution in [3.63, 3.8) is 0 Å². The molecule has 6 nitrogen and oxygen atoms in total. The Labute approximate surface area is 146 Å². The van der Waals surface area contributed by atoms with Crippen LogP contribution in [0, 0.1) is 0 Å². The van der Waals surface area contributed by atoms with E-state index in [0.29, 0.717) is 22.2 Å². The summed E-state index contributed by atoms with van der Waals surface area (Å²) in [5, 5.41) is 0.385. The van der Waals surface area contributed by atoms with E-state index in [4.69, 9.17) is 9.05 Å². The van der Waals surface area contributed by atoms with Crippen molar-refractivity contribution in [1.29, 1.82) is 0 Å². The van der Waals surface area contributed by atoms with E-state index in [0.717, 1.165) is 0 Å². The van der Waals surface area contributed by atoms with Crippen molar-refractivity contribution in [3.05, 3.63) is 66.2 Å². The van der Waals surface area contributed by atoms with Crippen molar-refractivity contribution in [2.75, 3.05) is 13.2 Å². The summed E-state index contributed by atoms with van der Waals surface area (Å²) >= 11 is 0. The molecule has 0 bridgehead atoms. The second kappa shape index (κ2) is 7.31. The first-order valence-corrected chi connectivity index (χ1v) is 9.60. The standard InChI is InChI=1S/C18H19N2O4P/c1-3-23-25(22,24-4-2)17-13-16(20-12-8-6-10-15(17)20)18(21)14-9-5-7-11-19-14/h5-13H,3-4H2,1-2H3. The van der Waals surface area contributed by atoms with Crippen LogP contribution in [0.3, 0.4) is 0 Å². The molecule has 0 N–H and O–H groups in total. The van der Waals surface area contributed by atoms with Crippen LogP contribution in [0.5, 0.6) is 0 Å². The van der Waals surface area contributed by atoms with Gasteiger partial charge in [0, 0.05) is 12.4 Å². The number of ketones is 1. The number of carbonyl (C=O) groups is 1. The zero-order valence-electron chi connectivity index (χ0n) is 14.1. The minimum atomic E-state index is -3.52. The van der Waals surface area contributed by atoms with Crippen LogP contribution in [0.2, 0.25) is 0 Å². The number of aromatic nitrogens is 2. The molecule has 3 heterocycles. The minimum absolute atomic E-state index is 0.241. The lowest BCUT2D eigenvalue weighted by Gasteiger charge is -2.16. The Morgan fingerprint density at radius 2 is 1.84 bits per heavy atom. The number of fused-ring (bicyclic) bond motifs is 1. The predicted molar refractivity (Wildman–Crippen MR) is 95.6 cm³/mol. The quantitative estimate of drug-likeness (QED) is 0.478. The van der Waals surface area contributed by atoms with Gasteiger partial charge in [-0.25, -0.2) is 0 Å². The second-order valence-electron chi connectivity index (χ2n) is 5.25. The molecule has 7 heteroatoms. The molecule has 3 rings (SSSR count). The fourth-order valence-electron chi connectivity index (χ4n) is 2.67. The van der Waals surface area contributed by atoms with Crippen molar-refractivity contribution >= 4 is 24.2 Å². The van der Waals surface area contributed by atoms with E-state index in [2.05, 4.69) is 4.98 Å². The molecule has 0 saturated heterocycles. The van der Waals surface area contributed by atoms with E-state index >= 15 is 0 Å². The monoisotopic (exact) mass is 358 g/mol. The summed E-state index contributed by atoms with van der Waals surface area (Å²) < 4.78 is 25.8. The van der Waals surface area contributed by atoms with E-state index in [1.165, 1.54) is 0 Å². The van der Waals surface area contributed by atoms with Crippen molar-refractivity contribution in [2.45, 2.75) is 13.8 Å². The smallest absolute Gasteiger partial charge is 0.313 e. The normalized spacial score (nSPS) is 11.8. The summed E-state index contributed by atoms with van der Waals surface area (Å²) in [5.74, 6) is -0.257. The molecule has 130 valence electrons. The third kappa shape index (κ3) is 3.29. The fourth-order valence-corrected chi connectivity index (χ4v) is 4.45. The molecule has 0 spiro atoms. The van der Waals surface area contributed by atoms with Crippen LogP contribution in [0.25, 0.3) is 5.52 Å². The van der Waals surface area contributed by atoms with E-state index < -0.39 is 7.60 Å². The lowest BCUT2D eigenvalue weighted by atomic mass is 10.2. The average Bonchev–Trinajstić information content (AvgIpc) is 3.03. The third-order valence-corrected chi connectivity index (χ3v) is 5.82. The van der Waals surface area contributed by atoms with Crippen molar-refractivity contribution in [3.8, 4) is 0 Å². The summed E-state index contributed by atoms with van der Waals surface area (Å²) in [4.78, 5) is 17.0. The Hall–Kier alpha value is -2.27. The second-order valence-corrected chi connectivity index (χ2v) is 7.24. The Balaban J connectivity index is 2.19. The highest BCUT2D eigenvalue weighted by molar-refractivity contribution is 7.62. The van der Waals surface area contributed by atoms with Crippen LogP contribution >= 0.6 is 7.60 Å². The van der Waals surface area contributed by atoms with Gasteiger partial charge in [0.25, 0.3) is 0 Å². The van der Waals surface area contributed by atoms with Crippen LogP contribution in [-0.4, -0.2) is 28.4 Å². The average molecular weight is 358 g/mol. The number of hydrogen-bond donors (Lipinski definition) is 0. The molecule has 0 aliphatic heterocycles. The van der Waals surface area contributed by atoms with Gasteiger partial charge in [-0.15, -0.1) is 0 Å². The zero-order valence-corrected chi connectivity index (χ0v) is 15.0. The first-order valence-electron chi connectivity index (χ1n) is 8.06. The lowest BCUT2D eigenvalue weighted by Crippen LogP contribution is -2.10. The predicted octanol–water partition coefficient (Wildman–Crippen LogP) is 3.46. The summed E-state index contributed by atoms with van der Waals surface area (Å²) in [7, 11) is -3.52. The minimum Gasteiger partial charge on any atom is -0.313 e. The van der Waals surface area contributed by atoms with Gasteiger partial charge < -0.3 is 13.4 Å². The molecule has 0 aliphatic carbocycles. The molecule has 0 aliphatic rings. The molecular formula is C18H19N2O4P. The van der Waals surface area contributed by atoms with Gasteiger partial charge in [-0.2, -0.15) is 0 Å². The van der Waals surface area contributed by atoms with Gasteiger partial charge in [0.1, 0.15) is 5.69 Å². The van der Waals surface area contributed by atoms with Crippen LogP contribution in [-0.2, 0) is 13.6 Å². The Bertz CT molecular complexity index is 927. The first kappa shape index (κ1) is 17.5. The van der Waals surface area contributed by atoms with Crippen LogP contribution < -0.4 is 5.30 Å². The van der Waals surface area contributed by atoms with Crippen LogP contribution in [0.1, 0.15) is 30.0 Å². The first-order chi connectivity index (χ1) is 12.1.